The average Bonchev–Trinajstić information content (AvgIpc) is 2.75. The predicted molar refractivity (Wildman–Crippen MR) is 82.2 cm³/mol. The Bertz CT molecular complexity index is 861. The molecule has 0 radical (unpaired) electrons. The van der Waals surface area contributed by atoms with E-state index in [1.807, 2.05) is 36.9 Å². The molecule has 0 aliphatic rings. The van der Waals surface area contributed by atoms with Crippen LogP contribution in [0.4, 0.5) is 4.39 Å². The molecule has 1 aromatic heterocycles. The maximum Gasteiger partial charge on any atom is 0.195 e. The summed E-state index contributed by atoms with van der Waals surface area (Å²) in [5.41, 5.74) is 4.04. The van der Waals surface area contributed by atoms with Crippen LogP contribution in [0.3, 0.4) is 0 Å². The third-order valence-corrected chi connectivity index (χ3v) is 3.82. The van der Waals surface area contributed by atoms with E-state index in [0.717, 1.165) is 16.5 Å². The van der Waals surface area contributed by atoms with Gasteiger partial charge in [-0.1, -0.05) is 12.1 Å². The van der Waals surface area contributed by atoms with E-state index < -0.39 is 0 Å². The summed E-state index contributed by atoms with van der Waals surface area (Å²) in [6, 6.07) is 10.3. The van der Waals surface area contributed by atoms with Gasteiger partial charge in [-0.2, -0.15) is 0 Å². The first kappa shape index (κ1) is 13.6. The molecule has 0 atom stereocenters. The quantitative estimate of drug-likeness (QED) is 0.646. The second-order valence-electron chi connectivity index (χ2n) is 5.46. The van der Waals surface area contributed by atoms with Crippen molar-refractivity contribution in [2.45, 2.75) is 13.8 Å². The molecule has 3 rings (SSSR count). The summed E-state index contributed by atoms with van der Waals surface area (Å²) in [5.74, 6) is -0.389. The van der Waals surface area contributed by atoms with Crippen LogP contribution in [-0.2, 0) is 7.05 Å². The Morgan fingerprint density at radius 2 is 1.81 bits per heavy atom. The van der Waals surface area contributed by atoms with Gasteiger partial charge in [0, 0.05) is 35.3 Å². The molecule has 3 heteroatoms. The smallest absolute Gasteiger partial charge is 0.195 e. The van der Waals surface area contributed by atoms with Crippen LogP contribution in [0.2, 0.25) is 0 Å². The van der Waals surface area contributed by atoms with Crippen LogP contribution >= 0.6 is 0 Å². The molecule has 0 saturated heterocycles. The number of aryl methyl sites for hydroxylation is 3. The number of carbonyl (C=O) groups is 1. The fourth-order valence-corrected chi connectivity index (χ4v) is 2.70. The lowest BCUT2D eigenvalue weighted by Gasteiger charge is -2.04. The highest BCUT2D eigenvalue weighted by atomic mass is 19.1. The van der Waals surface area contributed by atoms with Crippen molar-refractivity contribution >= 4 is 16.7 Å². The van der Waals surface area contributed by atoms with Crippen LogP contribution in [0.5, 0.6) is 0 Å². The van der Waals surface area contributed by atoms with Crippen LogP contribution in [0, 0.1) is 19.7 Å². The largest absolute Gasteiger partial charge is 0.350 e. The lowest BCUT2D eigenvalue weighted by atomic mass is 9.98. The third-order valence-electron chi connectivity index (χ3n) is 3.82. The molecule has 0 amide bonds. The molecule has 21 heavy (non-hydrogen) atoms. The van der Waals surface area contributed by atoms with Gasteiger partial charge in [0.2, 0.25) is 0 Å². The normalized spacial score (nSPS) is 11.0. The number of fused-ring (bicyclic) bond motifs is 1. The van der Waals surface area contributed by atoms with E-state index in [0.29, 0.717) is 16.7 Å². The van der Waals surface area contributed by atoms with Gasteiger partial charge in [0.05, 0.1) is 0 Å². The zero-order valence-corrected chi connectivity index (χ0v) is 12.3. The highest BCUT2D eigenvalue weighted by Crippen LogP contribution is 2.25. The zero-order valence-electron chi connectivity index (χ0n) is 12.3. The van der Waals surface area contributed by atoms with Gasteiger partial charge in [-0.15, -0.1) is 0 Å². The van der Waals surface area contributed by atoms with Crippen molar-refractivity contribution < 1.29 is 9.18 Å². The number of benzene rings is 2. The second-order valence-corrected chi connectivity index (χ2v) is 5.46. The number of halogens is 1. The second kappa shape index (κ2) is 4.85. The lowest BCUT2D eigenvalue weighted by Crippen LogP contribution is -2.03. The number of aromatic nitrogens is 1. The molecule has 0 fully saturated rings. The van der Waals surface area contributed by atoms with Crippen LogP contribution in [0.25, 0.3) is 10.9 Å². The Balaban J connectivity index is 2.18. The molecule has 106 valence electrons. The minimum absolute atomic E-state index is 0.0676. The standard InChI is InChI=1S/C18H16FNO/c1-11-4-6-15-16(10-20(3)17(15)8-11)18(21)14-7-5-13(19)9-12(14)2/h4-10H,1-3H3. The summed E-state index contributed by atoms with van der Waals surface area (Å²) in [6.45, 7) is 3.78. The average molecular weight is 281 g/mol. The molecule has 3 aromatic rings. The molecule has 0 aliphatic heterocycles. The molecule has 0 N–H and O–H groups in total. The van der Waals surface area contributed by atoms with Gasteiger partial charge in [-0.3, -0.25) is 4.79 Å². The van der Waals surface area contributed by atoms with Crippen molar-refractivity contribution in [1.82, 2.24) is 4.57 Å². The molecule has 2 nitrogen and oxygen atoms in total. The number of rotatable bonds is 2. The topological polar surface area (TPSA) is 22.0 Å². The Morgan fingerprint density at radius 1 is 1.05 bits per heavy atom. The van der Waals surface area contributed by atoms with Gasteiger partial charge in [-0.25, -0.2) is 4.39 Å². The van der Waals surface area contributed by atoms with E-state index >= 15 is 0 Å². The number of hydrogen-bond acceptors (Lipinski definition) is 1. The first-order chi connectivity index (χ1) is 9.97. The van der Waals surface area contributed by atoms with Crippen molar-refractivity contribution in [3.63, 3.8) is 0 Å². The van der Waals surface area contributed by atoms with E-state index in [2.05, 4.69) is 6.07 Å². The highest BCUT2D eigenvalue weighted by Gasteiger charge is 2.17. The highest BCUT2D eigenvalue weighted by molar-refractivity contribution is 6.17. The summed E-state index contributed by atoms with van der Waals surface area (Å²) in [6.07, 6.45) is 1.84. The number of carbonyl (C=O) groups excluding carboxylic acids is 1. The summed E-state index contributed by atoms with van der Waals surface area (Å²) in [5, 5.41) is 0.928. The summed E-state index contributed by atoms with van der Waals surface area (Å²) in [4.78, 5) is 12.8. The van der Waals surface area contributed by atoms with E-state index in [-0.39, 0.29) is 11.6 Å². The van der Waals surface area contributed by atoms with Gasteiger partial charge < -0.3 is 4.57 Å². The van der Waals surface area contributed by atoms with E-state index in [9.17, 15) is 9.18 Å². The molecule has 0 saturated carbocycles. The monoisotopic (exact) mass is 281 g/mol. The van der Waals surface area contributed by atoms with Gasteiger partial charge in [-0.05, 0) is 49.2 Å². The minimum Gasteiger partial charge on any atom is -0.350 e. The van der Waals surface area contributed by atoms with E-state index in [1.165, 1.54) is 12.1 Å². The fraction of sp³-hybridized carbons (Fsp3) is 0.167. The van der Waals surface area contributed by atoms with Crippen molar-refractivity contribution in [3.05, 3.63) is 70.7 Å². The Morgan fingerprint density at radius 3 is 2.52 bits per heavy atom. The predicted octanol–water partition coefficient (Wildman–Crippen LogP) is 4.17. The molecule has 2 aromatic carbocycles. The minimum atomic E-state index is -0.322. The SMILES string of the molecule is Cc1ccc2c(C(=O)c3ccc(F)cc3C)cn(C)c2c1. The Hall–Kier alpha value is -2.42. The zero-order chi connectivity index (χ0) is 15.1. The third kappa shape index (κ3) is 2.25. The van der Waals surface area contributed by atoms with Crippen LogP contribution in [-0.4, -0.2) is 10.4 Å². The van der Waals surface area contributed by atoms with Crippen molar-refractivity contribution in [2.24, 2.45) is 7.05 Å². The maximum atomic E-state index is 13.2. The molecule has 0 unspecified atom stereocenters. The van der Waals surface area contributed by atoms with Gasteiger partial charge in [0.15, 0.2) is 5.78 Å². The van der Waals surface area contributed by atoms with Gasteiger partial charge >= 0.3 is 0 Å². The molecular formula is C18H16FNO. The van der Waals surface area contributed by atoms with Crippen LogP contribution in [0.15, 0.2) is 42.6 Å². The van der Waals surface area contributed by atoms with E-state index in [4.69, 9.17) is 0 Å². The molecule has 0 aliphatic carbocycles. The maximum absolute atomic E-state index is 13.2. The summed E-state index contributed by atoms with van der Waals surface area (Å²) < 4.78 is 15.2. The van der Waals surface area contributed by atoms with Gasteiger partial charge in [0.1, 0.15) is 5.82 Å². The fourth-order valence-electron chi connectivity index (χ4n) is 2.70. The summed E-state index contributed by atoms with van der Waals surface area (Å²) in [7, 11) is 1.93. The molecule has 0 spiro atoms. The van der Waals surface area contributed by atoms with Crippen LogP contribution < -0.4 is 0 Å². The Kier molecular flexibility index (Phi) is 3.13. The Labute approximate surface area is 122 Å². The number of hydrogen-bond donors (Lipinski definition) is 0. The van der Waals surface area contributed by atoms with Crippen LogP contribution in [0.1, 0.15) is 27.0 Å². The lowest BCUT2D eigenvalue weighted by molar-refractivity contribution is 0.103. The van der Waals surface area contributed by atoms with E-state index in [1.54, 1.807) is 13.0 Å². The van der Waals surface area contributed by atoms with Crippen molar-refractivity contribution in [3.8, 4) is 0 Å². The molecule has 1 heterocycles. The summed E-state index contributed by atoms with van der Waals surface area (Å²) >= 11 is 0. The van der Waals surface area contributed by atoms with Crippen molar-refractivity contribution in [1.29, 1.82) is 0 Å². The first-order valence-electron chi connectivity index (χ1n) is 6.84. The van der Waals surface area contributed by atoms with Gasteiger partial charge in [0.25, 0.3) is 0 Å². The molecule has 0 bridgehead atoms. The van der Waals surface area contributed by atoms with Crippen molar-refractivity contribution in [2.75, 3.05) is 0 Å². The number of ketones is 1. The molecular weight excluding hydrogens is 265 g/mol. The first-order valence-corrected chi connectivity index (χ1v) is 6.84. The number of nitrogens with zero attached hydrogens (tertiary/aromatic N) is 1.